The van der Waals surface area contributed by atoms with E-state index in [0.29, 0.717) is 6.42 Å². The van der Waals surface area contributed by atoms with Crippen molar-refractivity contribution >= 4 is 9.84 Å². The van der Waals surface area contributed by atoms with Gasteiger partial charge in [0.1, 0.15) is 0 Å². The van der Waals surface area contributed by atoms with Crippen LogP contribution in [0, 0.1) is 12.8 Å². The molecule has 0 aromatic heterocycles. The Balaban J connectivity index is 2.21. The number of hydrogen-bond donors (Lipinski definition) is 1. The average Bonchev–Trinajstić information content (AvgIpc) is 2.59. The second-order valence-corrected chi connectivity index (χ2v) is 6.69. The molecule has 16 heavy (non-hydrogen) atoms. The lowest BCUT2D eigenvalue weighted by Gasteiger charge is -2.18. The van der Waals surface area contributed by atoms with Crippen molar-refractivity contribution in [3.63, 3.8) is 0 Å². The summed E-state index contributed by atoms with van der Waals surface area (Å²) in [5.74, 6) is 0.175. The van der Waals surface area contributed by atoms with Gasteiger partial charge in [-0.15, -0.1) is 0 Å². The van der Waals surface area contributed by atoms with Gasteiger partial charge in [0.25, 0.3) is 0 Å². The molecule has 2 rings (SSSR count). The molecule has 1 aromatic carbocycles. The third-order valence-corrected chi connectivity index (χ3v) is 5.02. The lowest BCUT2D eigenvalue weighted by atomic mass is 9.92. The summed E-state index contributed by atoms with van der Waals surface area (Å²) in [6.45, 7) is 1.93. The highest BCUT2D eigenvalue weighted by molar-refractivity contribution is 7.91. The minimum Gasteiger partial charge on any atom is -0.388 e. The van der Waals surface area contributed by atoms with Gasteiger partial charge in [-0.2, -0.15) is 0 Å². The van der Waals surface area contributed by atoms with Crippen molar-refractivity contribution in [1.29, 1.82) is 0 Å². The topological polar surface area (TPSA) is 54.4 Å². The zero-order chi connectivity index (χ0) is 11.8. The van der Waals surface area contributed by atoms with Crippen molar-refractivity contribution in [3.05, 3.63) is 35.4 Å². The monoisotopic (exact) mass is 240 g/mol. The number of aryl methyl sites for hydroxylation is 1. The highest BCUT2D eigenvalue weighted by Crippen LogP contribution is 2.32. The van der Waals surface area contributed by atoms with Crippen LogP contribution in [0.4, 0.5) is 0 Å². The molecule has 3 nitrogen and oxygen atoms in total. The number of aliphatic hydroxyl groups is 1. The van der Waals surface area contributed by atoms with Crippen LogP contribution in [0.25, 0.3) is 0 Å². The van der Waals surface area contributed by atoms with Crippen LogP contribution in [-0.2, 0) is 9.84 Å². The first-order valence-corrected chi connectivity index (χ1v) is 7.26. The van der Waals surface area contributed by atoms with Crippen LogP contribution in [0.15, 0.2) is 24.3 Å². The lowest BCUT2D eigenvalue weighted by molar-refractivity contribution is 0.120. The van der Waals surface area contributed by atoms with Gasteiger partial charge in [0.2, 0.25) is 0 Å². The van der Waals surface area contributed by atoms with Crippen molar-refractivity contribution in [1.82, 2.24) is 0 Å². The number of benzene rings is 1. The van der Waals surface area contributed by atoms with Gasteiger partial charge in [-0.25, -0.2) is 8.42 Å². The summed E-state index contributed by atoms with van der Waals surface area (Å²) in [6, 6.07) is 7.58. The molecule has 0 saturated carbocycles. The molecule has 88 valence electrons. The molecule has 1 aliphatic heterocycles. The summed E-state index contributed by atoms with van der Waals surface area (Å²) >= 11 is 0. The van der Waals surface area contributed by atoms with Crippen LogP contribution in [-0.4, -0.2) is 25.0 Å². The Morgan fingerprint density at radius 1 is 1.38 bits per heavy atom. The summed E-state index contributed by atoms with van der Waals surface area (Å²) < 4.78 is 22.7. The molecule has 1 fully saturated rings. The van der Waals surface area contributed by atoms with Crippen LogP contribution < -0.4 is 0 Å². The molecule has 4 heteroatoms. The Bertz CT molecular complexity index is 479. The maximum Gasteiger partial charge on any atom is 0.150 e. The second kappa shape index (κ2) is 4.18. The molecule has 1 aliphatic rings. The maximum absolute atomic E-state index is 11.4. The van der Waals surface area contributed by atoms with Gasteiger partial charge in [-0.05, 0) is 24.5 Å². The van der Waals surface area contributed by atoms with E-state index in [1.54, 1.807) is 0 Å². The number of rotatable bonds is 2. The summed E-state index contributed by atoms with van der Waals surface area (Å²) in [5, 5.41) is 10.2. The quantitative estimate of drug-likeness (QED) is 0.851. The summed E-state index contributed by atoms with van der Waals surface area (Å²) in [6.07, 6.45) is -0.0869. The number of aliphatic hydroxyl groups excluding tert-OH is 1. The van der Waals surface area contributed by atoms with Crippen molar-refractivity contribution in [2.75, 3.05) is 11.5 Å². The lowest BCUT2D eigenvalue weighted by Crippen LogP contribution is -2.15. The van der Waals surface area contributed by atoms with Gasteiger partial charge >= 0.3 is 0 Å². The van der Waals surface area contributed by atoms with Crippen LogP contribution >= 0.6 is 0 Å². The highest BCUT2D eigenvalue weighted by Gasteiger charge is 2.33. The molecule has 0 amide bonds. The first-order chi connectivity index (χ1) is 7.49. The smallest absolute Gasteiger partial charge is 0.150 e. The first kappa shape index (κ1) is 11.6. The Morgan fingerprint density at radius 2 is 2.06 bits per heavy atom. The Labute approximate surface area is 96.0 Å². The van der Waals surface area contributed by atoms with Crippen molar-refractivity contribution in [2.24, 2.45) is 5.92 Å². The first-order valence-electron chi connectivity index (χ1n) is 5.43. The van der Waals surface area contributed by atoms with Gasteiger partial charge < -0.3 is 5.11 Å². The van der Waals surface area contributed by atoms with Gasteiger partial charge in [-0.3, -0.25) is 0 Å². The van der Waals surface area contributed by atoms with E-state index < -0.39 is 15.9 Å². The Kier molecular flexibility index (Phi) is 3.04. The normalized spacial score (nSPS) is 25.5. The molecule has 0 radical (unpaired) electrons. The fourth-order valence-electron chi connectivity index (χ4n) is 2.25. The largest absolute Gasteiger partial charge is 0.388 e. The van der Waals surface area contributed by atoms with E-state index in [0.717, 1.165) is 11.1 Å². The molecule has 1 aromatic rings. The summed E-state index contributed by atoms with van der Waals surface area (Å²) in [7, 11) is -2.92. The molecule has 1 N–H and O–H groups in total. The van der Waals surface area contributed by atoms with Gasteiger partial charge in [0.05, 0.1) is 17.6 Å². The van der Waals surface area contributed by atoms with E-state index in [4.69, 9.17) is 0 Å². The van der Waals surface area contributed by atoms with Crippen LogP contribution in [0.3, 0.4) is 0 Å². The van der Waals surface area contributed by atoms with Crippen molar-refractivity contribution in [2.45, 2.75) is 19.4 Å². The SMILES string of the molecule is Cc1ccccc1C(O)C1CCS(=O)(=O)C1. The van der Waals surface area contributed by atoms with Gasteiger partial charge in [0.15, 0.2) is 9.84 Å². The van der Waals surface area contributed by atoms with Crippen molar-refractivity contribution in [3.8, 4) is 0 Å². The molecule has 0 aliphatic carbocycles. The average molecular weight is 240 g/mol. The molecule has 0 bridgehead atoms. The molecular formula is C12H16O3S. The number of sulfone groups is 1. The fourth-order valence-corrected chi connectivity index (χ4v) is 4.08. The summed E-state index contributed by atoms with van der Waals surface area (Å²) in [5.41, 5.74) is 1.86. The predicted molar refractivity (Wildman–Crippen MR) is 62.9 cm³/mol. The molecule has 2 unspecified atom stereocenters. The van der Waals surface area contributed by atoms with E-state index in [1.165, 1.54) is 0 Å². The zero-order valence-electron chi connectivity index (χ0n) is 9.26. The van der Waals surface area contributed by atoms with Gasteiger partial charge in [0, 0.05) is 5.92 Å². The Morgan fingerprint density at radius 3 is 2.62 bits per heavy atom. The third-order valence-electron chi connectivity index (χ3n) is 3.22. The van der Waals surface area contributed by atoms with E-state index >= 15 is 0 Å². The van der Waals surface area contributed by atoms with Crippen LogP contribution in [0.5, 0.6) is 0 Å². The minimum absolute atomic E-state index is 0.114. The second-order valence-electron chi connectivity index (χ2n) is 4.46. The molecule has 1 heterocycles. The van der Waals surface area contributed by atoms with Crippen molar-refractivity contribution < 1.29 is 13.5 Å². The van der Waals surface area contributed by atoms with Crippen LogP contribution in [0.2, 0.25) is 0 Å². The van der Waals surface area contributed by atoms with E-state index in [-0.39, 0.29) is 17.4 Å². The summed E-state index contributed by atoms with van der Waals surface area (Å²) in [4.78, 5) is 0. The third kappa shape index (κ3) is 2.28. The van der Waals surface area contributed by atoms with Crippen LogP contribution in [0.1, 0.15) is 23.7 Å². The fraction of sp³-hybridized carbons (Fsp3) is 0.500. The molecule has 1 saturated heterocycles. The predicted octanol–water partition coefficient (Wildman–Crippen LogP) is 1.46. The molecule has 2 atom stereocenters. The standard InChI is InChI=1S/C12H16O3S/c1-9-4-2-3-5-11(9)12(13)10-6-7-16(14,15)8-10/h2-5,10,12-13H,6-8H2,1H3. The van der Waals surface area contributed by atoms with Gasteiger partial charge in [-0.1, -0.05) is 24.3 Å². The number of hydrogen-bond acceptors (Lipinski definition) is 3. The Hall–Kier alpha value is -0.870. The van der Waals surface area contributed by atoms with E-state index in [2.05, 4.69) is 0 Å². The maximum atomic E-state index is 11.4. The molecule has 0 spiro atoms. The van der Waals surface area contributed by atoms with E-state index in [1.807, 2.05) is 31.2 Å². The molecular weight excluding hydrogens is 224 g/mol. The minimum atomic E-state index is -2.92. The highest BCUT2D eigenvalue weighted by atomic mass is 32.2. The zero-order valence-corrected chi connectivity index (χ0v) is 10.1. The van der Waals surface area contributed by atoms with E-state index in [9.17, 15) is 13.5 Å².